The average Bonchev–Trinajstić information content (AvgIpc) is 2.58. The molecule has 21 heavy (non-hydrogen) atoms. The summed E-state index contributed by atoms with van der Waals surface area (Å²) in [6.45, 7) is 0. The molecule has 0 unspecified atom stereocenters. The standard InChI is InChI=1S/C20H17As/c1-4-10-18(11-5-1)16-17-21(19-12-6-2-7-13-19)20-14-8-3-9-15-20/h1-17H/b17-16+. The molecule has 0 atom stereocenters. The molecular weight excluding hydrogens is 315 g/mol. The van der Waals surface area contributed by atoms with Crippen LogP contribution in [0.4, 0.5) is 0 Å². The summed E-state index contributed by atoms with van der Waals surface area (Å²) >= 11 is -1.38. The van der Waals surface area contributed by atoms with Crippen molar-refractivity contribution in [1.82, 2.24) is 0 Å². The third-order valence-corrected chi connectivity index (χ3v) is 7.81. The van der Waals surface area contributed by atoms with E-state index in [1.165, 1.54) is 14.3 Å². The van der Waals surface area contributed by atoms with Crippen LogP contribution in [0.5, 0.6) is 0 Å². The molecule has 0 aliphatic heterocycles. The Morgan fingerprint density at radius 1 is 0.524 bits per heavy atom. The van der Waals surface area contributed by atoms with Gasteiger partial charge in [-0.3, -0.25) is 0 Å². The normalized spacial score (nSPS) is 11.1. The number of benzene rings is 3. The molecular formula is C20H17As. The van der Waals surface area contributed by atoms with Crippen molar-refractivity contribution in [3.8, 4) is 0 Å². The van der Waals surface area contributed by atoms with E-state index >= 15 is 0 Å². The second-order valence-electron chi connectivity index (χ2n) is 4.77. The van der Waals surface area contributed by atoms with Gasteiger partial charge in [0.05, 0.1) is 0 Å². The molecule has 0 heterocycles. The van der Waals surface area contributed by atoms with Crippen LogP contribution < -0.4 is 8.70 Å². The molecule has 3 aromatic carbocycles. The number of hydrogen-bond acceptors (Lipinski definition) is 0. The van der Waals surface area contributed by atoms with Gasteiger partial charge in [-0.05, 0) is 0 Å². The van der Waals surface area contributed by atoms with Crippen molar-refractivity contribution in [2.24, 2.45) is 0 Å². The maximum atomic E-state index is 2.42. The van der Waals surface area contributed by atoms with Crippen molar-refractivity contribution < 1.29 is 0 Å². The molecule has 0 aliphatic rings. The molecule has 3 aromatic rings. The SMILES string of the molecule is C(=C\[As](c1ccccc1)c1ccccc1)/c1ccccc1. The number of hydrogen-bond donors (Lipinski definition) is 0. The molecule has 0 aromatic heterocycles. The molecule has 0 radical (unpaired) electrons. The van der Waals surface area contributed by atoms with Gasteiger partial charge in [0.2, 0.25) is 0 Å². The third kappa shape index (κ3) is 3.74. The molecule has 1 heteroatoms. The Hall–Kier alpha value is -2.04. The van der Waals surface area contributed by atoms with Crippen molar-refractivity contribution >= 4 is 29.4 Å². The summed E-state index contributed by atoms with van der Waals surface area (Å²) in [5, 5.41) is 0. The van der Waals surface area contributed by atoms with E-state index in [4.69, 9.17) is 0 Å². The molecule has 0 amide bonds. The van der Waals surface area contributed by atoms with Crippen LogP contribution in [0.25, 0.3) is 6.08 Å². The van der Waals surface area contributed by atoms with E-state index < -0.39 is 14.7 Å². The summed E-state index contributed by atoms with van der Waals surface area (Å²) in [4.78, 5) is 2.42. The van der Waals surface area contributed by atoms with E-state index in [-0.39, 0.29) is 0 Å². The molecule has 0 spiro atoms. The van der Waals surface area contributed by atoms with Gasteiger partial charge in [-0.2, -0.15) is 0 Å². The Morgan fingerprint density at radius 3 is 1.43 bits per heavy atom. The van der Waals surface area contributed by atoms with E-state index in [2.05, 4.69) is 102 Å². The van der Waals surface area contributed by atoms with Crippen molar-refractivity contribution in [2.75, 3.05) is 0 Å². The first-order valence-electron chi connectivity index (χ1n) is 7.06. The van der Waals surface area contributed by atoms with Crippen LogP contribution in [-0.2, 0) is 0 Å². The zero-order valence-electron chi connectivity index (χ0n) is 11.8. The van der Waals surface area contributed by atoms with Gasteiger partial charge < -0.3 is 0 Å². The van der Waals surface area contributed by atoms with Crippen LogP contribution in [-0.4, -0.2) is 14.7 Å². The van der Waals surface area contributed by atoms with Crippen LogP contribution in [0.15, 0.2) is 95.9 Å². The van der Waals surface area contributed by atoms with Gasteiger partial charge in [0.25, 0.3) is 0 Å². The molecule has 0 saturated carbocycles. The van der Waals surface area contributed by atoms with Gasteiger partial charge in [-0.15, -0.1) is 0 Å². The van der Waals surface area contributed by atoms with E-state index in [1.807, 2.05) is 0 Å². The summed E-state index contributed by atoms with van der Waals surface area (Å²) in [5.41, 5.74) is 1.27. The van der Waals surface area contributed by atoms with E-state index in [9.17, 15) is 0 Å². The van der Waals surface area contributed by atoms with E-state index in [0.29, 0.717) is 0 Å². The molecule has 0 nitrogen and oxygen atoms in total. The van der Waals surface area contributed by atoms with Crippen molar-refractivity contribution in [3.05, 3.63) is 101 Å². The summed E-state index contributed by atoms with van der Waals surface area (Å²) in [6, 6.07) is 32.3. The Balaban J connectivity index is 1.96. The predicted molar refractivity (Wildman–Crippen MR) is 93.4 cm³/mol. The van der Waals surface area contributed by atoms with Gasteiger partial charge in [0, 0.05) is 0 Å². The van der Waals surface area contributed by atoms with Gasteiger partial charge in [-0.25, -0.2) is 0 Å². The van der Waals surface area contributed by atoms with Gasteiger partial charge in [0.1, 0.15) is 0 Å². The molecule has 0 N–H and O–H groups in total. The summed E-state index contributed by atoms with van der Waals surface area (Å²) < 4.78 is 2.92. The molecule has 0 bridgehead atoms. The minimum absolute atomic E-state index is 1.27. The molecule has 102 valence electrons. The first-order valence-corrected chi connectivity index (χ1v) is 10.0. The van der Waals surface area contributed by atoms with Crippen LogP contribution in [0.2, 0.25) is 0 Å². The van der Waals surface area contributed by atoms with Crippen LogP contribution in [0.3, 0.4) is 0 Å². The van der Waals surface area contributed by atoms with Gasteiger partial charge >= 0.3 is 131 Å². The Bertz CT molecular complexity index is 648. The zero-order chi connectivity index (χ0) is 14.3. The Morgan fingerprint density at radius 2 is 0.952 bits per heavy atom. The predicted octanol–water partition coefficient (Wildman–Crippen LogP) is 3.55. The topological polar surface area (TPSA) is 0 Å². The van der Waals surface area contributed by atoms with Crippen molar-refractivity contribution in [1.29, 1.82) is 0 Å². The van der Waals surface area contributed by atoms with E-state index in [1.54, 1.807) is 0 Å². The maximum absolute atomic E-state index is 2.42. The molecule has 0 fully saturated rings. The zero-order valence-corrected chi connectivity index (χ0v) is 13.6. The summed E-state index contributed by atoms with van der Waals surface area (Å²) in [5.74, 6) is 0. The van der Waals surface area contributed by atoms with Gasteiger partial charge in [0.15, 0.2) is 0 Å². The van der Waals surface area contributed by atoms with Crippen molar-refractivity contribution in [2.45, 2.75) is 0 Å². The molecule has 0 aliphatic carbocycles. The second kappa shape index (κ2) is 7.11. The fraction of sp³-hybridized carbons (Fsp3) is 0. The average molecular weight is 332 g/mol. The van der Waals surface area contributed by atoms with Crippen LogP contribution in [0, 0.1) is 0 Å². The molecule has 0 saturated heterocycles. The first kappa shape index (κ1) is 13.9. The third-order valence-electron chi connectivity index (χ3n) is 3.28. The van der Waals surface area contributed by atoms with Crippen LogP contribution in [0.1, 0.15) is 5.56 Å². The monoisotopic (exact) mass is 332 g/mol. The minimum atomic E-state index is -1.38. The van der Waals surface area contributed by atoms with Gasteiger partial charge in [-0.1, -0.05) is 0 Å². The van der Waals surface area contributed by atoms with Crippen molar-refractivity contribution in [3.63, 3.8) is 0 Å². The summed E-state index contributed by atoms with van der Waals surface area (Å²) in [6.07, 6.45) is 2.26. The molecule has 3 rings (SSSR count). The first-order chi connectivity index (χ1) is 10.4. The Labute approximate surface area is 131 Å². The summed E-state index contributed by atoms with van der Waals surface area (Å²) in [7, 11) is 0. The Kier molecular flexibility index (Phi) is 4.71. The fourth-order valence-corrected chi connectivity index (χ4v) is 6.31. The number of rotatable bonds is 4. The quantitative estimate of drug-likeness (QED) is 0.641. The second-order valence-corrected chi connectivity index (χ2v) is 9.11. The fourth-order valence-electron chi connectivity index (χ4n) is 2.22. The van der Waals surface area contributed by atoms with E-state index in [0.717, 1.165) is 0 Å². The van der Waals surface area contributed by atoms with Crippen LogP contribution >= 0.6 is 0 Å².